The fourth-order valence-corrected chi connectivity index (χ4v) is 7.49. The van der Waals surface area contributed by atoms with Crippen LogP contribution >= 0.6 is 0 Å². The minimum atomic E-state index is -0.538. The zero-order valence-corrected chi connectivity index (χ0v) is 28.1. The van der Waals surface area contributed by atoms with Gasteiger partial charge in [0.05, 0.1) is 13.7 Å². The lowest BCUT2D eigenvalue weighted by Gasteiger charge is -2.21. The van der Waals surface area contributed by atoms with E-state index in [-0.39, 0.29) is 46.1 Å². The van der Waals surface area contributed by atoms with Crippen LogP contribution in [0.3, 0.4) is 0 Å². The molecule has 0 radical (unpaired) electrons. The Hall–Kier alpha value is -6.65. The third kappa shape index (κ3) is 4.79. The molecule has 0 N–H and O–H groups in total. The van der Waals surface area contributed by atoms with Gasteiger partial charge in [-0.1, -0.05) is 153 Å². The van der Waals surface area contributed by atoms with Crippen LogP contribution < -0.4 is 0 Å². The van der Waals surface area contributed by atoms with Crippen LogP contribution in [0.1, 0.15) is 38.7 Å². The number of benzene rings is 7. The fourth-order valence-electron chi connectivity index (χ4n) is 7.49. The van der Waals surface area contributed by atoms with Gasteiger partial charge in [-0.3, -0.25) is 0 Å². The Balaban J connectivity index is 1.17. The summed E-state index contributed by atoms with van der Waals surface area (Å²) in [6.45, 7) is 4.46. The van der Waals surface area contributed by atoms with Crippen molar-refractivity contribution in [2.75, 3.05) is 0 Å². The summed E-state index contributed by atoms with van der Waals surface area (Å²) < 4.78 is 91.0. The molecule has 0 saturated carbocycles. The first-order valence-electron chi connectivity index (χ1n) is 21.9. The molecule has 1 aliphatic carbocycles. The van der Waals surface area contributed by atoms with Gasteiger partial charge in [0.1, 0.15) is 11.2 Å². The predicted molar refractivity (Wildman–Crippen MR) is 212 cm³/mol. The van der Waals surface area contributed by atoms with Crippen LogP contribution in [-0.4, -0.2) is 15.0 Å². The van der Waals surface area contributed by atoms with Crippen LogP contribution in [-0.2, 0) is 5.41 Å². The van der Waals surface area contributed by atoms with Crippen molar-refractivity contribution in [3.05, 3.63) is 175 Å². The highest BCUT2D eigenvalue weighted by molar-refractivity contribution is 6.13. The van der Waals surface area contributed by atoms with Crippen molar-refractivity contribution in [1.29, 1.82) is 0 Å². The molecular weight excluding hydrogens is 635 g/mol. The molecule has 0 bridgehead atoms. The molecule has 0 spiro atoms. The molecule has 0 atom stereocenters. The van der Waals surface area contributed by atoms with Gasteiger partial charge in [-0.25, -0.2) is 15.0 Å². The van der Waals surface area contributed by atoms with Crippen LogP contribution in [0.15, 0.2) is 168 Å². The summed E-state index contributed by atoms with van der Waals surface area (Å²) in [5, 5.41) is 1.16. The summed E-state index contributed by atoms with van der Waals surface area (Å²) in [5.74, 6) is 0.240. The van der Waals surface area contributed by atoms with Gasteiger partial charge in [0.15, 0.2) is 17.5 Å². The topological polar surface area (TPSA) is 51.8 Å². The molecule has 0 saturated heterocycles. The van der Waals surface area contributed by atoms with E-state index in [4.69, 9.17) is 33.1 Å². The van der Waals surface area contributed by atoms with E-state index in [2.05, 4.69) is 50.2 Å². The molecule has 2 aromatic heterocycles. The average molecular weight is 678 g/mol. The normalized spacial score (nSPS) is 15.7. The van der Waals surface area contributed by atoms with Crippen molar-refractivity contribution in [3.8, 4) is 67.5 Å². The largest absolute Gasteiger partial charge is 0.456 e. The molecule has 0 amide bonds. The van der Waals surface area contributed by atoms with E-state index in [1.54, 1.807) is 36.4 Å². The first kappa shape index (κ1) is 21.5. The van der Waals surface area contributed by atoms with Crippen molar-refractivity contribution >= 4 is 21.9 Å². The predicted octanol–water partition coefficient (Wildman–Crippen LogP) is 12.4. The van der Waals surface area contributed by atoms with Gasteiger partial charge >= 0.3 is 0 Å². The number of hydrogen-bond acceptors (Lipinski definition) is 4. The molecule has 10 rings (SSSR count). The zero-order chi connectivity index (χ0) is 43.5. The fraction of sp³-hybridized carbons (Fsp3) is 0.0625. The quantitative estimate of drug-likeness (QED) is 0.182. The Morgan fingerprint density at radius 2 is 1.08 bits per heavy atom. The molecule has 4 nitrogen and oxygen atoms in total. The Kier molecular flexibility index (Phi) is 4.85. The van der Waals surface area contributed by atoms with E-state index in [9.17, 15) is 0 Å². The van der Waals surface area contributed by atoms with Crippen LogP contribution in [0.2, 0.25) is 0 Å². The average Bonchev–Trinajstić information content (AvgIpc) is 3.78. The van der Waals surface area contributed by atoms with E-state index in [0.717, 1.165) is 16.7 Å². The van der Waals surface area contributed by atoms with Crippen molar-refractivity contribution in [2.24, 2.45) is 0 Å². The minimum absolute atomic E-state index is 0.0503. The van der Waals surface area contributed by atoms with Crippen molar-refractivity contribution < 1.29 is 18.1 Å². The molecule has 2 heterocycles. The van der Waals surface area contributed by atoms with E-state index in [0.29, 0.717) is 38.6 Å². The minimum Gasteiger partial charge on any atom is -0.456 e. The van der Waals surface area contributed by atoms with Gasteiger partial charge < -0.3 is 4.42 Å². The van der Waals surface area contributed by atoms with Crippen LogP contribution in [0, 0.1) is 0 Å². The lowest BCUT2D eigenvalue weighted by atomic mass is 9.82. The summed E-state index contributed by atoms with van der Waals surface area (Å²) in [5.41, 5.74) is 8.69. The van der Waals surface area contributed by atoms with Gasteiger partial charge in [0.2, 0.25) is 0 Å². The lowest BCUT2D eigenvalue weighted by Crippen LogP contribution is -2.14. The molecule has 0 fully saturated rings. The summed E-state index contributed by atoms with van der Waals surface area (Å²) in [6, 6.07) is 28.4. The highest BCUT2D eigenvalue weighted by Gasteiger charge is 2.36. The number of aromatic nitrogens is 3. The van der Waals surface area contributed by atoms with Gasteiger partial charge in [0, 0.05) is 32.9 Å². The molecule has 0 unspecified atom stereocenters. The van der Waals surface area contributed by atoms with Crippen LogP contribution in [0.5, 0.6) is 0 Å². The standard InChI is InChI=1S/C48H33N3O/c1-48(2)39-23-10-9-20-37(39)43-36(21-12-24-40(43)48)32-18-11-19-33(28-32)46-49-45(31-16-7-4-8-17-31)50-47(51-46)34-26-27-38-42(29-34)52-41-25-13-22-35(44(38)41)30-14-5-3-6-15-30/h3-29H,1-2H3/i3D,4D,5D,6D,7D,8D,14D,15D,16D,17D. The summed E-state index contributed by atoms with van der Waals surface area (Å²) >= 11 is 0. The van der Waals surface area contributed by atoms with E-state index >= 15 is 0 Å². The smallest absolute Gasteiger partial charge is 0.164 e. The molecule has 4 heteroatoms. The van der Waals surface area contributed by atoms with E-state index < -0.39 is 48.3 Å². The second-order valence-electron chi connectivity index (χ2n) is 13.3. The van der Waals surface area contributed by atoms with Crippen LogP contribution in [0.4, 0.5) is 0 Å². The number of fused-ring (bicyclic) bond motifs is 6. The zero-order valence-electron chi connectivity index (χ0n) is 38.1. The SMILES string of the molecule is [2H]c1c([2H])c([2H])c(-c2nc(-c3cccc(-c4cccc5c4-c4ccccc4C5(C)C)c3)nc(-c3ccc4c(c3)oc3cccc(-c5c([2H])c([2H])c([2H])c([2H])c5[2H])c34)n2)c([2H])c1[2H]. The number of nitrogens with zero attached hydrogens (tertiary/aromatic N) is 3. The van der Waals surface area contributed by atoms with E-state index in [1.807, 2.05) is 30.3 Å². The number of furan rings is 1. The Morgan fingerprint density at radius 1 is 0.481 bits per heavy atom. The van der Waals surface area contributed by atoms with Crippen molar-refractivity contribution in [2.45, 2.75) is 19.3 Å². The summed E-state index contributed by atoms with van der Waals surface area (Å²) in [7, 11) is 0. The Morgan fingerprint density at radius 3 is 1.87 bits per heavy atom. The summed E-state index contributed by atoms with van der Waals surface area (Å²) in [6.07, 6.45) is 0. The second-order valence-corrected chi connectivity index (χ2v) is 13.3. The summed E-state index contributed by atoms with van der Waals surface area (Å²) in [4.78, 5) is 14.5. The van der Waals surface area contributed by atoms with Gasteiger partial charge in [-0.15, -0.1) is 0 Å². The third-order valence-corrected chi connectivity index (χ3v) is 9.92. The third-order valence-electron chi connectivity index (χ3n) is 9.92. The van der Waals surface area contributed by atoms with Gasteiger partial charge in [-0.05, 0) is 68.8 Å². The Labute approximate surface area is 316 Å². The first-order valence-corrected chi connectivity index (χ1v) is 16.9. The molecule has 0 aliphatic heterocycles. The van der Waals surface area contributed by atoms with Gasteiger partial charge in [-0.2, -0.15) is 0 Å². The van der Waals surface area contributed by atoms with Gasteiger partial charge in [0.25, 0.3) is 0 Å². The maximum Gasteiger partial charge on any atom is 0.164 e. The first-order chi connectivity index (χ1) is 29.7. The molecule has 7 aromatic carbocycles. The number of rotatable bonds is 5. The van der Waals surface area contributed by atoms with Crippen LogP contribution in [0.25, 0.3) is 89.5 Å². The molecule has 1 aliphatic rings. The second kappa shape index (κ2) is 11.7. The molecule has 52 heavy (non-hydrogen) atoms. The molecule has 246 valence electrons. The van der Waals surface area contributed by atoms with Crippen molar-refractivity contribution in [1.82, 2.24) is 15.0 Å². The lowest BCUT2D eigenvalue weighted by molar-refractivity contribution is 0.660. The maximum atomic E-state index is 8.81. The van der Waals surface area contributed by atoms with E-state index in [1.165, 1.54) is 16.7 Å². The molecule has 9 aromatic rings. The Bertz CT molecular complexity index is 3360. The van der Waals surface area contributed by atoms with Crippen molar-refractivity contribution in [3.63, 3.8) is 0 Å². The highest BCUT2D eigenvalue weighted by Crippen LogP contribution is 2.52. The molecular formula is C48H33N3O. The monoisotopic (exact) mass is 677 g/mol. The highest BCUT2D eigenvalue weighted by atomic mass is 16.3. The maximum absolute atomic E-state index is 8.81. The number of hydrogen-bond donors (Lipinski definition) is 0.